The standard InChI is InChI=1S/C23H22N2O4S/c1-3-14-29-20-9-7-8-19(16-20)24-23(26)18-12-13-22(17(2)15-18)25-30(27,28)21-10-5-4-6-11-21/h3-13,15-16,25H,1,14H2,2H3,(H,24,26). The molecule has 6 nitrogen and oxygen atoms in total. The summed E-state index contributed by atoms with van der Waals surface area (Å²) in [6.45, 7) is 5.71. The summed E-state index contributed by atoms with van der Waals surface area (Å²) in [6.07, 6.45) is 1.64. The van der Waals surface area contributed by atoms with E-state index in [4.69, 9.17) is 4.74 Å². The van der Waals surface area contributed by atoms with E-state index >= 15 is 0 Å². The van der Waals surface area contributed by atoms with E-state index in [1.807, 2.05) is 0 Å². The SMILES string of the molecule is C=CCOc1cccc(NC(=O)c2ccc(NS(=O)(=O)c3ccccc3)c(C)c2)c1. The summed E-state index contributed by atoms with van der Waals surface area (Å²) in [6, 6.07) is 19.9. The second-order valence-electron chi connectivity index (χ2n) is 6.53. The van der Waals surface area contributed by atoms with Gasteiger partial charge in [-0.2, -0.15) is 0 Å². The zero-order valence-corrected chi connectivity index (χ0v) is 17.3. The van der Waals surface area contributed by atoms with Crippen LogP contribution >= 0.6 is 0 Å². The number of aryl methyl sites for hydroxylation is 1. The fraction of sp³-hybridized carbons (Fsp3) is 0.0870. The van der Waals surface area contributed by atoms with E-state index in [0.29, 0.717) is 34.9 Å². The average molecular weight is 423 g/mol. The molecule has 0 aromatic heterocycles. The van der Waals surface area contributed by atoms with Gasteiger partial charge in [0.2, 0.25) is 0 Å². The van der Waals surface area contributed by atoms with E-state index in [1.54, 1.807) is 73.7 Å². The Bertz CT molecular complexity index is 1160. The van der Waals surface area contributed by atoms with Crippen molar-refractivity contribution in [1.82, 2.24) is 0 Å². The van der Waals surface area contributed by atoms with Gasteiger partial charge in [-0.05, 0) is 55.0 Å². The van der Waals surface area contributed by atoms with Crippen molar-refractivity contribution in [3.05, 3.63) is 96.6 Å². The highest BCUT2D eigenvalue weighted by Gasteiger charge is 2.16. The lowest BCUT2D eigenvalue weighted by molar-refractivity contribution is 0.102. The van der Waals surface area contributed by atoms with Gasteiger partial charge >= 0.3 is 0 Å². The van der Waals surface area contributed by atoms with Gasteiger partial charge in [0.25, 0.3) is 15.9 Å². The normalized spacial score (nSPS) is 10.8. The summed E-state index contributed by atoms with van der Waals surface area (Å²) in [7, 11) is -3.70. The van der Waals surface area contributed by atoms with Crippen LogP contribution in [0.3, 0.4) is 0 Å². The Kier molecular flexibility index (Phi) is 6.54. The summed E-state index contributed by atoms with van der Waals surface area (Å²) in [5.41, 5.74) is 2.04. The van der Waals surface area contributed by atoms with Crippen LogP contribution in [0.25, 0.3) is 0 Å². The second-order valence-corrected chi connectivity index (χ2v) is 8.21. The number of carbonyl (C=O) groups excluding carboxylic acids is 1. The smallest absolute Gasteiger partial charge is 0.261 e. The van der Waals surface area contributed by atoms with Gasteiger partial charge in [0, 0.05) is 17.3 Å². The van der Waals surface area contributed by atoms with Gasteiger partial charge < -0.3 is 10.1 Å². The van der Waals surface area contributed by atoms with Crippen molar-refractivity contribution in [3.8, 4) is 5.75 Å². The summed E-state index contributed by atoms with van der Waals surface area (Å²) < 4.78 is 33.1. The fourth-order valence-electron chi connectivity index (χ4n) is 2.74. The molecule has 3 rings (SSSR count). The van der Waals surface area contributed by atoms with Gasteiger partial charge in [-0.3, -0.25) is 9.52 Å². The molecule has 0 saturated carbocycles. The van der Waals surface area contributed by atoms with Gasteiger partial charge in [0.1, 0.15) is 12.4 Å². The van der Waals surface area contributed by atoms with E-state index in [0.717, 1.165) is 0 Å². The largest absolute Gasteiger partial charge is 0.489 e. The van der Waals surface area contributed by atoms with Crippen LogP contribution in [0.2, 0.25) is 0 Å². The average Bonchev–Trinajstić information content (AvgIpc) is 2.74. The molecule has 2 N–H and O–H groups in total. The van der Waals surface area contributed by atoms with Crippen molar-refractivity contribution in [3.63, 3.8) is 0 Å². The molecule has 7 heteroatoms. The first-order valence-corrected chi connectivity index (χ1v) is 10.7. The molecule has 30 heavy (non-hydrogen) atoms. The Balaban J connectivity index is 1.73. The van der Waals surface area contributed by atoms with Crippen LogP contribution in [0.4, 0.5) is 11.4 Å². The zero-order valence-electron chi connectivity index (χ0n) is 16.5. The topological polar surface area (TPSA) is 84.5 Å². The summed E-state index contributed by atoms with van der Waals surface area (Å²) in [5.74, 6) is 0.311. The minimum absolute atomic E-state index is 0.171. The minimum atomic E-state index is -3.70. The molecule has 154 valence electrons. The van der Waals surface area contributed by atoms with Gasteiger partial charge in [-0.1, -0.05) is 36.9 Å². The van der Waals surface area contributed by atoms with Crippen LogP contribution in [0, 0.1) is 6.92 Å². The second kappa shape index (κ2) is 9.28. The first-order valence-electron chi connectivity index (χ1n) is 9.23. The summed E-state index contributed by atoms with van der Waals surface area (Å²) in [4.78, 5) is 12.8. The molecule has 0 heterocycles. The Morgan fingerprint density at radius 1 is 1.03 bits per heavy atom. The molecule has 0 bridgehead atoms. The maximum Gasteiger partial charge on any atom is 0.261 e. The number of rotatable bonds is 8. The predicted molar refractivity (Wildman–Crippen MR) is 119 cm³/mol. The number of anilines is 2. The number of hydrogen-bond donors (Lipinski definition) is 2. The third kappa shape index (κ3) is 5.27. The molecule has 3 aromatic rings. The Hall–Kier alpha value is -3.58. The molecule has 0 aliphatic rings. The number of nitrogens with one attached hydrogen (secondary N) is 2. The lowest BCUT2D eigenvalue weighted by atomic mass is 10.1. The minimum Gasteiger partial charge on any atom is -0.489 e. The monoisotopic (exact) mass is 422 g/mol. The number of benzene rings is 3. The molecule has 0 fully saturated rings. The highest BCUT2D eigenvalue weighted by atomic mass is 32.2. The van der Waals surface area contributed by atoms with Crippen LogP contribution < -0.4 is 14.8 Å². The maximum atomic E-state index is 12.6. The van der Waals surface area contributed by atoms with Gasteiger partial charge in [0.05, 0.1) is 10.6 Å². The van der Waals surface area contributed by atoms with Crippen molar-refractivity contribution < 1.29 is 17.9 Å². The van der Waals surface area contributed by atoms with Crippen molar-refractivity contribution in [1.29, 1.82) is 0 Å². The molecule has 0 atom stereocenters. The van der Waals surface area contributed by atoms with Crippen molar-refractivity contribution in [2.75, 3.05) is 16.6 Å². The quantitative estimate of drug-likeness (QED) is 0.519. The third-order valence-electron chi connectivity index (χ3n) is 4.25. The number of ether oxygens (including phenoxy) is 1. The Labute approximate surface area is 176 Å². The summed E-state index contributed by atoms with van der Waals surface area (Å²) >= 11 is 0. The van der Waals surface area contributed by atoms with Crippen LogP contribution in [0.15, 0.2) is 90.3 Å². The number of carbonyl (C=O) groups is 1. The Morgan fingerprint density at radius 2 is 1.80 bits per heavy atom. The van der Waals surface area contributed by atoms with Crippen LogP contribution in [-0.4, -0.2) is 20.9 Å². The number of hydrogen-bond acceptors (Lipinski definition) is 4. The Morgan fingerprint density at radius 3 is 2.50 bits per heavy atom. The van der Waals surface area contributed by atoms with Gasteiger partial charge in [0.15, 0.2) is 0 Å². The summed E-state index contributed by atoms with van der Waals surface area (Å²) in [5, 5.41) is 2.81. The van der Waals surface area contributed by atoms with Crippen LogP contribution in [0.1, 0.15) is 15.9 Å². The number of sulfonamides is 1. The van der Waals surface area contributed by atoms with Crippen molar-refractivity contribution in [2.24, 2.45) is 0 Å². The first kappa shape index (κ1) is 21.1. The van der Waals surface area contributed by atoms with E-state index in [9.17, 15) is 13.2 Å². The molecule has 0 unspecified atom stereocenters. The van der Waals surface area contributed by atoms with Gasteiger partial charge in [-0.15, -0.1) is 0 Å². The highest BCUT2D eigenvalue weighted by molar-refractivity contribution is 7.92. The molecule has 0 radical (unpaired) electrons. The molecular weight excluding hydrogens is 400 g/mol. The van der Waals surface area contributed by atoms with Crippen molar-refractivity contribution in [2.45, 2.75) is 11.8 Å². The zero-order chi connectivity index (χ0) is 21.6. The molecule has 0 aliphatic heterocycles. The number of amides is 1. The van der Waals surface area contributed by atoms with Crippen LogP contribution in [0.5, 0.6) is 5.75 Å². The van der Waals surface area contributed by atoms with E-state index < -0.39 is 10.0 Å². The maximum absolute atomic E-state index is 12.6. The molecule has 0 aliphatic carbocycles. The molecule has 1 amide bonds. The first-order chi connectivity index (χ1) is 14.4. The third-order valence-corrected chi connectivity index (χ3v) is 5.63. The fourth-order valence-corrected chi connectivity index (χ4v) is 3.90. The lowest BCUT2D eigenvalue weighted by Crippen LogP contribution is -2.15. The molecule has 3 aromatic carbocycles. The van der Waals surface area contributed by atoms with Crippen molar-refractivity contribution >= 4 is 27.3 Å². The highest BCUT2D eigenvalue weighted by Crippen LogP contribution is 2.22. The molecular formula is C23H22N2O4S. The van der Waals surface area contributed by atoms with E-state index in [-0.39, 0.29) is 10.8 Å². The van der Waals surface area contributed by atoms with Crippen LogP contribution in [-0.2, 0) is 10.0 Å². The van der Waals surface area contributed by atoms with E-state index in [2.05, 4.69) is 16.6 Å². The predicted octanol–water partition coefficient (Wildman–Crippen LogP) is 4.61. The molecule has 0 spiro atoms. The van der Waals surface area contributed by atoms with Gasteiger partial charge in [-0.25, -0.2) is 8.42 Å². The van der Waals surface area contributed by atoms with E-state index in [1.165, 1.54) is 12.1 Å². The lowest BCUT2D eigenvalue weighted by Gasteiger charge is -2.12. The molecule has 0 saturated heterocycles.